The van der Waals surface area contributed by atoms with Crippen molar-refractivity contribution in [1.82, 2.24) is 15.4 Å². The van der Waals surface area contributed by atoms with Gasteiger partial charge in [-0.25, -0.2) is 0 Å². The second-order valence-electron chi connectivity index (χ2n) is 6.10. The van der Waals surface area contributed by atoms with E-state index in [1.165, 1.54) is 0 Å². The molecule has 0 atom stereocenters. The van der Waals surface area contributed by atoms with E-state index in [4.69, 9.17) is 9.47 Å². The average molecular weight is 269 g/mol. The van der Waals surface area contributed by atoms with Crippen LogP contribution in [-0.2, 0) is 15.9 Å². The summed E-state index contributed by atoms with van der Waals surface area (Å²) in [6.45, 7) is 12.0. The molecule has 0 spiro atoms. The van der Waals surface area contributed by atoms with E-state index in [0.29, 0.717) is 6.61 Å². The van der Waals surface area contributed by atoms with Gasteiger partial charge in [-0.3, -0.25) is 0 Å². The van der Waals surface area contributed by atoms with Gasteiger partial charge in [-0.1, -0.05) is 6.92 Å². The third-order valence-electron chi connectivity index (χ3n) is 2.97. The maximum absolute atomic E-state index is 5.96. The third-order valence-corrected chi connectivity index (χ3v) is 2.97. The first kappa shape index (κ1) is 16.1. The molecule has 1 heterocycles. The molecule has 0 aliphatic carbocycles. The van der Waals surface area contributed by atoms with E-state index in [0.717, 1.165) is 31.6 Å². The van der Waals surface area contributed by atoms with Crippen LogP contribution < -0.4 is 0 Å². The molecule has 110 valence electrons. The zero-order valence-corrected chi connectivity index (χ0v) is 12.8. The average Bonchev–Trinajstić information content (AvgIpc) is 2.77. The van der Waals surface area contributed by atoms with E-state index >= 15 is 0 Å². The maximum atomic E-state index is 5.96. The van der Waals surface area contributed by atoms with Gasteiger partial charge >= 0.3 is 0 Å². The molecule has 1 aromatic rings. The van der Waals surface area contributed by atoms with Gasteiger partial charge in [0.25, 0.3) is 0 Å². The Labute approximate surface area is 116 Å². The number of hydrogen-bond donors (Lipinski definition) is 1. The van der Waals surface area contributed by atoms with Gasteiger partial charge < -0.3 is 9.47 Å². The fraction of sp³-hybridized carbons (Fsp3) is 0.857. The second kappa shape index (κ2) is 7.01. The van der Waals surface area contributed by atoms with Crippen LogP contribution in [0.2, 0.25) is 0 Å². The molecule has 0 aromatic carbocycles. The van der Waals surface area contributed by atoms with E-state index in [1.807, 2.05) is 0 Å². The van der Waals surface area contributed by atoms with Gasteiger partial charge in [0, 0.05) is 13.0 Å². The lowest BCUT2D eigenvalue weighted by Crippen LogP contribution is -2.32. The van der Waals surface area contributed by atoms with Crippen molar-refractivity contribution in [2.24, 2.45) is 0 Å². The van der Waals surface area contributed by atoms with E-state index in [-0.39, 0.29) is 11.2 Å². The highest BCUT2D eigenvalue weighted by molar-refractivity contribution is 4.96. The van der Waals surface area contributed by atoms with Gasteiger partial charge in [0.15, 0.2) is 0 Å². The SMILES string of the molecule is CCCOC(C)(C)CCOC(C)(C)Cc1cn[nH]n1. The lowest BCUT2D eigenvalue weighted by Gasteiger charge is -2.29. The molecule has 19 heavy (non-hydrogen) atoms. The van der Waals surface area contributed by atoms with Crippen molar-refractivity contribution in [2.45, 2.75) is 65.1 Å². The van der Waals surface area contributed by atoms with Crippen molar-refractivity contribution in [3.05, 3.63) is 11.9 Å². The number of nitrogens with one attached hydrogen (secondary N) is 1. The Morgan fingerprint density at radius 2 is 1.79 bits per heavy atom. The predicted molar refractivity (Wildman–Crippen MR) is 75.1 cm³/mol. The molecule has 0 aliphatic rings. The molecule has 0 amide bonds. The number of H-pyrrole nitrogens is 1. The summed E-state index contributed by atoms with van der Waals surface area (Å²) in [7, 11) is 0. The van der Waals surface area contributed by atoms with E-state index < -0.39 is 0 Å². The number of rotatable bonds is 9. The van der Waals surface area contributed by atoms with Crippen LogP contribution in [0.1, 0.15) is 53.2 Å². The minimum absolute atomic E-state index is 0.125. The molecule has 1 aromatic heterocycles. The first-order valence-electron chi connectivity index (χ1n) is 6.97. The molecular weight excluding hydrogens is 242 g/mol. The van der Waals surface area contributed by atoms with Gasteiger partial charge in [-0.2, -0.15) is 15.4 Å². The van der Waals surface area contributed by atoms with E-state index in [1.54, 1.807) is 6.20 Å². The lowest BCUT2D eigenvalue weighted by molar-refractivity contribution is -0.0717. The Morgan fingerprint density at radius 1 is 1.11 bits per heavy atom. The summed E-state index contributed by atoms with van der Waals surface area (Å²) in [6.07, 6.45) is 4.41. The van der Waals surface area contributed by atoms with Crippen LogP contribution in [-0.4, -0.2) is 39.8 Å². The molecule has 0 fully saturated rings. The van der Waals surface area contributed by atoms with Crippen LogP contribution >= 0.6 is 0 Å². The molecule has 0 radical (unpaired) electrons. The minimum Gasteiger partial charge on any atom is -0.375 e. The Balaban J connectivity index is 2.30. The number of nitrogens with zero attached hydrogens (tertiary/aromatic N) is 2. The number of aromatic nitrogens is 3. The first-order valence-corrected chi connectivity index (χ1v) is 6.97. The number of hydrogen-bond acceptors (Lipinski definition) is 4. The number of ether oxygens (including phenoxy) is 2. The predicted octanol–water partition coefficient (Wildman–Crippen LogP) is 2.74. The van der Waals surface area contributed by atoms with Crippen LogP contribution in [0.3, 0.4) is 0 Å². The van der Waals surface area contributed by atoms with Crippen molar-refractivity contribution in [1.29, 1.82) is 0 Å². The zero-order valence-electron chi connectivity index (χ0n) is 12.8. The summed E-state index contributed by atoms with van der Waals surface area (Å²) < 4.78 is 11.7. The van der Waals surface area contributed by atoms with Crippen LogP contribution in [0.25, 0.3) is 0 Å². The quantitative estimate of drug-likeness (QED) is 0.749. The Kier molecular flexibility index (Phi) is 5.94. The molecule has 0 unspecified atom stereocenters. The monoisotopic (exact) mass is 269 g/mol. The van der Waals surface area contributed by atoms with Crippen LogP contribution in [0.5, 0.6) is 0 Å². The number of aromatic amines is 1. The summed E-state index contributed by atoms with van der Waals surface area (Å²) in [5, 5.41) is 10.5. The molecule has 5 heteroatoms. The van der Waals surface area contributed by atoms with Crippen molar-refractivity contribution in [3.8, 4) is 0 Å². The van der Waals surface area contributed by atoms with Crippen LogP contribution in [0.15, 0.2) is 6.20 Å². The Morgan fingerprint density at radius 3 is 2.37 bits per heavy atom. The summed E-state index contributed by atoms with van der Waals surface area (Å²) in [5.41, 5.74) is 0.559. The van der Waals surface area contributed by atoms with Crippen molar-refractivity contribution < 1.29 is 9.47 Å². The van der Waals surface area contributed by atoms with Crippen molar-refractivity contribution in [2.75, 3.05) is 13.2 Å². The highest BCUT2D eigenvalue weighted by Gasteiger charge is 2.23. The molecule has 1 N–H and O–H groups in total. The van der Waals surface area contributed by atoms with Crippen molar-refractivity contribution >= 4 is 0 Å². The fourth-order valence-corrected chi connectivity index (χ4v) is 1.82. The fourth-order valence-electron chi connectivity index (χ4n) is 1.82. The van der Waals surface area contributed by atoms with Crippen LogP contribution in [0.4, 0.5) is 0 Å². The summed E-state index contributed by atoms with van der Waals surface area (Å²) in [5.74, 6) is 0. The standard InChI is InChI=1S/C14H27N3O2/c1-6-8-18-13(2,3)7-9-19-14(4,5)10-12-11-15-17-16-12/h11H,6-10H2,1-5H3,(H,15,16,17). The van der Waals surface area contributed by atoms with Gasteiger partial charge in [0.1, 0.15) is 0 Å². The van der Waals surface area contributed by atoms with Crippen LogP contribution in [0, 0.1) is 0 Å². The van der Waals surface area contributed by atoms with Gasteiger partial charge in [0.05, 0.1) is 29.7 Å². The molecule has 0 saturated heterocycles. The maximum Gasteiger partial charge on any atom is 0.0853 e. The Bertz CT molecular complexity index is 348. The summed E-state index contributed by atoms with van der Waals surface area (Å²) in [6, 6.07) is 0. The third kappa shape index (κ3) is 6.68. The normalized spacial score (nSPS) is 12.9. The smallest absolute Gasteiger partial charge is 0.0853 e. The Hall–Kier alpha value is -0.940. The molecule has 0 aliphatic heterocycles. The zero-order chi connectivity index (χ0) is 14.4. The summed E-state index contributed by atoms with van der Waals surface area (Å²) in [4.78, 5) is 0. The molecule has 0 bridgehead atoms. The highest BCUT2D eigenvalue weighted by atomic mass is 16.5. The minimum atomic E-state index is -0.238. The van der Waals surface area contributed by atoms with Crippen molar-refractivity contribution in [3.63, 3.8) is 0 Å². The molecule has 0 saturated carbocycles. The van der Waals surface area contributed by atoms with Gasteiger partial charge in [0.2, 0.25) is 0 Å². The van der Waals surface area contributed by atoms with E-state index in [9.17, 15) is 0 Å². The second-order valence-corrected chi connectivity index (χ2v) is 6.10. The summed E-state index contributed by atoms with van der Waals surface area (Å²) >= 11 is 0. The van der Waals surface area contributed by atoms with Gasteiger partial charge in [-0.15, -0.1) is 0 Å². The first-order chi connectivity index (χ1) is 8.85. The molecule has 5 nitrogen and oxygen atoms in total. The molecule has 1 rings (SSSR count). The topological polar surface area (TPSA) is 60.0 Å². The lowest BCUT2D eigenvalue weighted by atomic mass is 10.0. The largest absolute Gasteiger partial charge is 0.375 e. The highest BCUT2D eigenvalue weighted by Crippen LogP contribution is 2.19. The molecular formula is C14H27N3O2. The van der Waals surface area contributed by atoms with E-state index in [2.05, 4.69) is 50.0 Å². The van der Waals surface area contributed by atoms with Gasteiger partial charge in [-0.05, 0) is 40.5 Å².